The fraction of sp³-hybridized carbons (Fsp3) is 0.857. The Bertz CT molecular complexity index is 1010. The lowest BCUT2D eigenvalue weighted by Gasteiger charge is -2.22. The third-order valence-electron chi connectivity index (χ3n) is 12.4. The van der Waals surface area contributed by atoms with Crippen molar-refractivity contribution in [3.05, 3.63) is 36.5 Å². The highest BCUT2D eigenvalue weighted by molar-refractivity contribution is 5.76. The third kappa shape index (κ3) is 47.6. The quantitative estimate of drug-likeness (QED) is 0.0321. The van der Waals surface area contributed by atoms with Gasteiger partial charge in [0.2, 0.25) is 5.91 Å². The maximum Gasteiger partial charge on any atom is 0.305 e. The first-order valence-corrected chi connectivity index (χ1v) is 27.2. The topological polar surface area (TPSA) is 95.9 Å². The largest absolute Gasteiger partial charge is 0.466 e. The van der Waals surface area contributed by atoms with Crippen LogP contribution in [0.15, 0.2) is 36.5 Å². The number of unbranched alkanes of at least 4 members (excludes halogenated alkanes) is 33. The number of carbonyl (C=O) groups is 2. The van der Waals surface area contributed by atoms with E-state index in [9.17, 15) is 19.8 Å². The standard InChI is InChI=1S/C56H105NO5/c1-3-5-7-9-11-13-15-17-18-21-25-28-32-36-40-44-48-54(59)53(52-58)57-55(60)49-45-41-37-33-29-26-22-19-20-23-27-31-35-39-43-47-51-62-56(61)50-46-42-38-34-30-24-16-14-12-10-8-6-4-2/h8,10,14,16,19,22,53-54,58-59H,3-7,9,11-13,15,17-18,20-21,23-52H2,1-2H3,(H,57,60)/b10-8-,16-14-,22-19-. The number of amides is 1. The van der Waals surface area contributed by atoms with Crippen molar-refractivity contribution in [2.24, 2.45) is 0 Å². The number of esters is 1. The molecule has 0 aliphatic carbocycles. The zero-order chi connectivity index (χ0) is 45.1. The van der Waals surface area contributed by atoms with Crippen LogP contribution in [-0.4, -0.2) is 47.4 Å². The van der Waals surface area contributed by atoms with Crippen LogP contribution in [0.5, 0.6) is 0 Å². The first kappa shape index (κ1) is 60.1. The lowest BCUT2D eigenvalue weighted by Crippen LogP contribution is -2.45. The van der Waals surface area contributed by atoms with Gasteiger partial charge in [0.15, 0.2) is 0 Å². The fourth-order valence-electron chi connectivity index (χ4n) is 8.20. The van der Waals surface area contributed by atoms with Gasteiger partial charge in [-0.2, -0.15) is 0 Å². The van der Waals surface area contributed by atoms with Gasteiger partial charge in [0.1, 0.15) is 0 Å². The van der Waals surface area contributed by atoms with Crippen LogP contribution < -0.4 is 5.32 Å². The zero-order valence-corrected chi connectivity index (χ0v) is 41.4. The summed E-state index contributed by atoms with van der Waals surface area (Å²) < 4.78 is 5.45. The van der Waals surface area contributed by atoms with Gasteiger partial charge in [-0.05, 0) is 77.0 Å². The minimum absolute atomic E-state index is 0.0184. The lowest BCUT2D eigenvalue weighted by atomic mass is 10.0. The van der Waals surface area contributed by atoms with E-state index in [0.717, 1.165) is 77.0 Å². The molecule has 6 nitrogen and oxygen atoms in total. The van der Waals surface area contributed by atoms with Crippen LogP contribution in [0.3, 0.4) is 0 Å². The first-order chi connectivity index (χ1) is 30.5. The molecule has 0 aromatic rings. The lowest BCUT2D eigenvalue weighted by molar-refractivity contribution is -0.143. The molecule has 2 unspecified atom stereocenters. The molecule has 2 atom stereocenters. The zero-order valence-electron chi connectivity index (χ0n) is 41.4. The third-order valence-corrected chi connectivity index (χ3v) is 12.4. The summed E-state index contributed by atoms with van der Waals surface area (Å²) in [5, 5.41) is 23.2. The van der Waals surface area contributed by atoms with Crippen LogP contribution in [0.1, 0.15) is 284 Å². The molecule has 0 bridgehead atoms. The van der Waals surface area contributed by atoms with Crippen LogP contribution in [0.25, 0.3) is 0 Å². The summed E-state index contributed by atoms with van der Waals surface area (Å²) in [6.07, 6.45) is 62.6. The van der Waals surface area contributed by atoms with E-state index in [4.69, 9.17) is 4.74 Å². The molecule has 1 amide bonds. The van der Waals surface area contributed by atoms with Gasteiger partial charge in [-0.1, -0.05) is 230 Å². The van der Waals surface area contributed by atoms with E-state index in [-0.39, 0.29) is 18.5 Å². The first-order valence-electron chi connectivity index (χ1n) is 27.2. The number of hydrogen-bond acceptors (Lipinski definition) is 5. The van der Waals surface area contributed by atoms with Crippen molar-refractivity contribution < 1.29 is 24.5 Å². The van der Waals surface area contributed by atoms with Crippen LogP contribution in [0, 0.1) is 0 Å². The summed E-state index contributed by atoms with van der Waals surface area (Å²) in [6, 6.07) is -0.554. The number of carbonyl (C=O) groups excluding carboxylic acids is 2. The molecule has 62 heavy (non-hydrogen) atoms. The van der Waals surface area contributed by atoms with Crippen molar-refractivity contribution in [2.45, 2.75) is 296 Å². The number of allylic oxidation sites excluding steroid dienone is 6. The molecule has 0 fully saturated rings. The number of aliphatic hydroxyl groups excluding tert-OH is 2. The number of aliphatic hydroxyl groups is 2. The number of ether oxygens (including phenoxy) is 1. The van der Waals surface area contributed by atoms with E-state index in [2.05, 4.69) is 55.6 Å². The summed E-state index contributed by atoms with van der Waals surface area (Å²) in [6.45, 7) is 4.86. The highest BCUT2D eigenvalue weighted by Crippen LogP contribution is 2.16. The van der Waals surface area contributed by atoms with Gasteiger partial charge in [-0.3, -0.25) is 9.59 Å². The highest BCUT2D eigenvalue weighted by atomic mass is 16.5. The number of nitrogens with one attached hydrogen (secondary N) is 1. The number of hydrogen-bond donors (Lipinski definition) is 3. The Morgan fingerprint density at radius 1 is 0.452 bits per heavy atom. The molecular weight excluding hydrogens is 767 g/mol. The Morgan fingerprint density at radius 2 is 0.839 bits per heavy atom. The average molecular weight is 872 g/mol. The Balaban J connectivity index is 3.48. The Kier molecular flexibility index (Phi) is 50.1. The molecular formula is C56H105NO5. The Hall–Kier alpha value is -1.92. The highest BCUT2D eigenvalue weighted by Gasteiger charge is 2.20. The second-order valence-electron chi connectivity index (χ2n) is 18.6. The predicted octanol–water partition coefficient (Wildman–Crippen LogP) is 16.5. The molecule has 0 aliphatic rings. The summed E-state index contributed by atoms with van der Waals surface area (Å²) in [5.74, 6) is -0.0705. The van der Waals surface area contributed by atoms with Crippen LogP contribution in [0.2, 0.25) is 0 Å². The van der Waals surface area contributed by atoms with Gasteiger partial charge >= 0.3 is 5.97 Å². The molecule has 0 aliphatic heterocycles. The second kappa shape index (κ2) is 51.7. The van der Waals surface area contributed by atoms with Crippen molar-refractivity contribution in [1.82, 2.24) is 5.32 Å². The molecule has 0 saturated carbocycles. The maximum atomic E-state index is 12.5. The summed E-state index contributed by atoms with van der Waals surface area (Å²) >= 11 is 0. The fourth-order valence-corrected chi connectivity index (χ4v) is 8.20. The van der Waals surface area contributed by atoms with E-state index in [1.807, 2.05) is 0 Å². The van der Waals surface area contributed by atoms with E-state index in [1.54, 1.807) is 0 Å². The minimum atomic E-state index is -0.675. The van der Waals surface area contributed by atoms with Crippen molar-refractivity contribution in [2.75, 3.05) is 13.2 Å². The summed E-state index contributed by atoms with van der Waals surface area (Å²) in [5.41, 5.74) is 0. The number of rotatable bonds is 50. The molecule has 0 heterocycles. The SMILES string of the molecule is CCC/C=C\C/C=C\CCCCCCCC(=O)OCCCCCCCCC/C=C\CCCCCCCC(=O)NC(CO)C(O)CCCCCCCCCCCCCCCCCC. The van der Waals surface area contributed by atoms with Gasteiger partial charge in [0.25, 0.3) is 0 Å². The van der Waals surface area contributed by atoms with Gasteiger partial charge in [0, 0.05) is 12.8 Å². The molecule has 0 radical (unpaired) electrons. The summed E-state index contributed by atoms with van der Waals surface area (Å²) in [4.78, 5) is 24.5. The second-order valence-corrected chi connectivity index (χ2v) is 18.6. The monoisotopic (exact) mass is 872 g/mol. The van der Waals surface area contributed by atoms with Crippen LogP contribution >= 0.6 is 0 Å². The Labute approximate surface area is 385 Å². The minimum Gasteiger partial charge on any atom is -0.466 e. The van der Waals surface area contributed by atoms with Crippen molar-refractivity contribution in [1.29, 1.82) is 0 Å². The molecule has 0 rings (SSSR count). The van der Waals surface area contributed by atoms with Crippen molar-refractivity contribution in [3.8, 4) is 0 Å². The van der Waals surface area contributed by atoms with E-state index < -0.39 is 12.1 Å². The average Bonchev–Trinajstić information content (AvgIpc) is 3.27. The van der Waals surface area contributed by atoms with Crippen LogP contribution in [-0.2, 0) is 14.3 Å². The van der Waals surface area contributed by atoms with Gasteiger partial charge < -0.3 is 20.3 Å². The molecule has 0 aromatic carbocycles. The van der Waals surface area contributed by atoms with Gasteiger partial charge in [0.05, 0.1) is 25.4 Å². The Morgan fingerprint density at radius 3 is 1.31 bits per heavy atom. The van der Waals surface area contributed by atoms with Gasteiger partial charge in [-0.25, -0.2) is 0 Å². The smallest absolute Gasteiger partial charge is 0.305 e. The molecule has 3 N–H and O–H groups in total. The van der Waals surface area contributed by atoms with Gasteiger partial charge in [-0.15, -0.1) is 0 Å². The maximum absolute atomic E-state index is 12.5. The van der Waals surface area contributed by atoms with Crippen molar-refractivity contribution >= 4 is 11.9 Å². The van der Waals surface area contributed by atoms with E-state index >= 15 is 0 Å². The molecule has 0 saturated heterocycles. The molecule has 0 aromatic heterocycles. The summed E-state index contributed by atoms with van der Waals surface area (Å²) in [7, 11) is 0. The molecule has 364 valence electrons. The van der Waals surface area contributed by atoms with Crippen LogP contribution in [0.4, 0.5) is 0 Å². The predicted molar refractivity (Wildman–Crippen MR) is 269 cm³/mol. The van der Waals surface area contributed by atoms with E-state index in [0.29, 0.717) is 25.9 Å². The normalized spacial score (nSPS) is 12.9. The van der Waals surface area contributed by atoms with E-state index in [1.165, 1.54) is 173 Å². The molecule has 6 heteroatoms. The molecule has 0 spiro atoms. The van der Waals surface area contributed by atoms with Crippen molar-refractivity contribution in [3.63, 3.8) is 0 Å².